The molecule has 3 N–H and O–H groups in total. The van der Waals surface area contributed by atoms with Gasteiger partial charge in [0.15, 0.2) is 0 Å². The van der Waals surface area contributed by atoms with E-state index in [0.717, 1.165) is 32.1 Å². The molecule has 0 saturated carbocycles. The van der Waals surface area contributed by atoms with Gasteiger partial charge in [0, 0.05) is 6.42 Å². The Morgan fingerprint density at radius 1 is 0.885 bits per heavy atom. The number of aliphatic hydroxyl groups excluding tert-OH is 2. The molecular formula is C22H34O4. The van der Waals surface area contributed by atoms with Crippen LogP contribution < -0.4 is 0 Å². The molecule has 0 aromatic heterocycles. The molecule has 146 valence electrons. The van der Waals surface area contributed by atoms with Gasteiger partial charge in [-0.05, 0) is 25.7 Å². The molecular weight excluding hydrogens is 328 g/mol. The van der Waals surface area contributed by atoms with E-state index in [4.69, 9.17) is 5.11 Å². The first-order valence-corrected chi connectivity index (χ1v) is 9.45. The van der Waals surface area contributed by atoms with Crippen molar-refractivity contribution in [3.63, 3.8) is 0 Å². The van der Waals surface area contributed by atoms with Crippen molar-refractivity contribution in [3.05, 3.63) is 60.8 Å². The third kappa shape index (κ3) is 16.9. The monoisotopic (exact) mass is 362 g/mol. The zero-order chi connectivity index (χ0) is 19.5. The summed E-state index contributed by atoms with van der Waals surface area (Å²) < 4.78 is 0. The summed E-state index contributed by atoms with van der Waals surface area (Å²) in [5, 5.41) is 28.1. The fourth-order valence-corrected chi connectivity index (χ4v) is 2.14. The van der Waals surface area contributed by atoms with E-state index in [1.165, 1.54) is 0 Å². The molecule has 0 saturated heterocycles. The maximum Gasteiger partial charge on any atom is 0.303 e. The standard InChI is InChI=1S/C22H34O4/c1-2-3-14-17-20(23)21(24)18-15-12-10-8-6-4-5-7-9-11-13-16-19-22(25)26/h5-8,10-13,15,18,20-21,23-24H,2-4,9,14,16-17,19H2,1H3,(H,25,26). The number of rotatable bonds is 15. The number of unbranched alkanes of at least 4 members (excludes halogenated alkanes) is 2. The predicted octanol–water partition coefficient (Wildman–Crippen LogP) is 4.71. The molecule has 0 fully saturated rings. The topological polar surface area (TPSA) is 77.8 Å². The summed E-state index contributed by atoms with van der Waals surface area (Å²) in [6.07, 6.45) is 23.6. The second-order valence-corrected chi connectivity index (χ2v) is 6.10. The average Bonchev–Trinajstić information content (AvgIpc) is 2.61. The van der Waals surface area contributed by atoms with Crippen LogP contribution in [-0.2, 0) is 4.79 Å². The summed E-state index contributed by atoms with van der Waals surface area (Å²) >= 11 is 0. The number of carboxylic acid groups (broad SMARTS) is 1. The summed E-state index contributed by atoms with van der Waals surface area (Å²) in [6.45, 7) is 2.11. The van der Waals surface area contributed by atoms with Crippen LogP contribution in [0.3, 0.4) is 0 Å². The second-order valence-electron chi connectivity index (χ2n) is 6.10. The minimum absolute atomic E-state index is 0.179. The molecule has 0 aromatic rings. The molecule has 4 heteroatoms. The zero-order valence-corrected chi connectivity index (χ0v) is 15.8. The number of carboxylic acids is 1. The molecule has 4 nitrogen and oxygen atoms in total. The summed E-state index contributed by atoms with van der Waals surface area (Å²) in [7, 11) is 0. The van der Waals surface area contributed by atoms with Gasteiger partial charge in [0.25, 0.3) is 0 Å². The lowest BCUT2D eigenvalue weighted by molar-refractivity contribution is -0.136. The summed E-state index contributed by atoms with van der Waals surface area (Å²) in [5.41, 5.74) is 0. The molecule has 0 aliphatic carbocycles. The van der Waals surface area contributed by atoms with Crippen LogP contribution >= 0.6 is 0 Å². The fraction of sp³-hybridized carbons (Fsp3) is 0.500. The Labute approximate surface area is 157 Å². The minimum atomic E-state index is -0.813. The second kappa shape index (κ2) is 17.9. The van der Waals surface area contributed by atoms with Crippen molar-refractivity contribution < 1.29 is 20.1 Å². The SMILES string of the molecule is CCCCCC(O)C(O)C=CC=CC=CCC=CCC=CCCC(=O)O. The molecule has 0 aliphatic rings. The van der Waals surface area contributed by atoms with Gasteiger partial charge in [-0.25, -0.2) is 0 Å². The summed E-state index contributed by atoms with van der Waals surface area (Å²) in [4.78, 5) is 10.3. The van der Waals surface area contributed by atoms with Crippen molar-refractivity contribution in [2.24, 2.45) is 0 Å². The Morgan fingerprint density at radius 3 is 2.23 bits per heavy atom. The number of allylic oxidation sites excluding steroid dienone is 9. The van der Waals surface area contributed by atoms with Crippen LogP contribution in [0.4, 0.5) is 0 Å². The van der Waals surface area contributed by atoms with Crippen LogP contribution in [-0.4, -0.2) is 33.5 Å². The quantitative estimate of drug-likeness (QED) is 0.224. The van der Waals surface area contributed by atoms with Crippen LogP contribution in [0.2, 0.25) is 0 Å². The van der Waals surface area contributed by atoms with Gasteiger partial charge < -0.3 is 15.3 Å². The molecule has 0 amide bonds. The van der Waals surface area contributed by atoms with E-state index in [-0.39, 0.29) is 6.42 Å². The molecule has 2 unspecified atom stereocenters. The third-order valence-corrected chi connectivity index (χ3v) is 3.68. The predicted molar refractivity (Wildman–Crippen MR) is 108 cm³/mol. The average molecular weight is 363 g/mol. The highest BCUT2D eigenvalue weighted by atomic mass is 16.4. The molecule has 0 heterocycles. The van der Waals surface area contributed by atoms with Gasteiger partial charge >= 0.3 is 5.97 Å². The fourth-order valence-electron chi connectivity index (χ4n) is 2.14. The van der Waals surface area contributed by atoms with Gasteiger partial charge in [0.2, 0.25) is 0 Å². The molecule has 0 rings (SSSR count). The van der Waals surface area contributed by atoms with Gasteiger partial charge in [-0.3, -0.25) is 4.79 Å². The highest BCUT2D eigenvalue weighted by Crippen LogP contribution is 2.07. The highest BCUT2D eigenvalue weighted by Gasteiger charge is 2.11. The molecule has 0 spiro atoms. The Morgan fingerprint density at radius 2 is 1.54 bits per heavy atom. The lowest BCUT2D eigenvalue weighted by atomic mass is 10.1. The van der Waals surface area contributed by atoms with Crippen LogP contribution in [0, 0.1) is 0 Å². The first-order valence-electron chi connectivity index (χ1n) is 9.45. The lowest BCUT2D eigenvalue weighted by Gasteiger charge is -2.13. The number of hydrogen-bond acceptors (Lipinski definition) is 3. The van der Waals surface area contributed by atoms with Crippen LogP contribution in [0.15, 0.2) is 60.8 Å². The van der Waals surface area contributed by atoms with Crippen molar-refractivity contribution in [2.45, 2.75) is 70.5 Å². The molecule has 0 aliphatic heterocycles. The van der Waals surface area contributed by atoms with Crippen LogP contribution in [0.25, 0.3) is 0 Å². The number of hydrogen-bond donors (Lipinski definition) is 3. The van der Waals surface area contributed by atoms with Gasteiger partial charge in [-0.1, -0.05) is 86.9 Å². The van der Waals surface area contributed by atoms with Gasteiger partial charge in [0.1, 0.15) is 0 Å². The lowest BCUT2D eigenvalue weighted by Crippen LogP contribution is -2.23. The normalized spacial score (nSPS) is 15.2. The van der Waals surface area contributed by atoms with E-state index in [1.807, 2.05) is 42.5 Å². The Hall–Kier alpha value is -1.91. The first kappa shape index (κ1) is 24.1. The van der Waals surface area contributed by atoms with Crippen molar-refractivity contribution in [2.75, 3.05) is 0 Å². The third-order valence-electron chi connectivity index (χ3n) is 3.68. The van der Waals surface area contributed by atoms with E-state index < -0.39 is 18.2 Å². The summed E-state index contributed by atoms with van der Waals surface area (Å²) in [5.74, 6) is -0.768. The molecule has 0 bridgehead atoms. The van der Waals surface area contributed by atoms with E-state index >= 15 is 0 Å². The largest absolute Gasteiger partial charge is 0.481 e. The van der Waals surface area contributed by atoms with Crippen LogP contribution in [0.5, 0.6) is 0 Å². The Bertz CT molecular complexity index is 486. The van der Waals surface area contributed by atoms with Gasteiger partial charge in [-0.2, -0.15) is 0 Å². The van der Waals surface area contributed by atoms with Gasteiger partial charge in [-0.15, -0.1) is 0 Å². The molecule has 2 atom stereocenters. The first-order chi connectivity index (χ1) is 12.6. The van der Waals surface area contributed by atoms with E-state index in [2.05, 4.69) is 13.0 Å². The maximum atomic E-state index is 10.3. The smallest absolute Gasteiger partial charge is 0.303 e. The molecule has 0 aromatic carbocycles. The van der Waals surface area contributed by atoms with Crippen molar-refractivity contribution in [1.29, 1.82) is 0 Å². The molecule has 0 radical (unpaired) electrons. The van der Waals surface area contributed by atoms with E-state index in [1.54, 1.807) is 12.2 Å². The highest BCUT2D eigenvalue weighted by molar-refractivity contribution is 5.66. The maximum absolute atomic E-state index is 10.3. The van der Waals surface area contributed by atoms with E-state index in [9.17, 15) is 15.0 Å². The number of aliphatic carboxylic acids is 1. The Balaban J connectivity index is 3.80. The zero-order valence-electron chi connectivity index (χ0n) is 15.8. The molecule has 26 heavy (non-hydrogen) atoms. The number of carbonyl (C=O) groups is 1. The Kier molecular flexibility index (Phi) is 16.6. The van der Waals surface area contributed by atoms with E-state index in [0.29, 0.717) is 12.8 Å². The van der Waals surface area contributed by atoms with Crippen molar-refractivity contribution in [3.8, 4) is 0 Å². The van der Waals surface area contributed by atoms with Gasteiger partial charge in [0.05, 0.1) is 12.2 Å². The van der Waals surface area contributed by atoms with Crippen molar-refractivity contribution in [1.82, 2.24) is 0 Å². The van der Waals surface area contributed by atoms with Crippen LogP contribution in [0.1, 0.15) is 58.3 Å². The number of aliphatic hydroxyl groups is 2. The van der Waals surface area contributed by atoms with Crippen molar-refractivity contribution >= 4 is 5.97 Å². The minimum Gasteiger partial charge on any atom is -0.481 e. The summed E-state index contributed by atoms with van der Waals surface area (Å²) in [6, 6.07) is 0.